The molecule has 0 aliphatic carbocycles. The van der Waals surface area contributed by atoms with E-state index in [1.54, 1.807) is 31.7 Å². The third-order valence-corrected chi connectivity index (χ3v) is 17.6. The van der Waals surface area contributed by atoms with Gasteiger partial charge in [0, 0.05) is 111 Å². The lowest BCUT2D eigenvalue weighted by atomic mass is 9.97. The molecule has 4 fully saturated rings. The number of aromatic nitrogens is 4. The van der Waals surface area contributed by atoms with Crippen LogP contribution in [0.2, 0.25) is 0 Å². The Morgan fingerprint density at radius 3 is 1.27 bits per heavy atom. The van der Waals surface area contributed by atoms with Crippen molar-refractivity contribution in [1.82, 2.24) is 49.8 Å². The minimum Gasteiger partial charge on any atom is -0.324 e. The van der Waals surface area contributed by atoms with E-state index in [1.165, 1.54) is 0 Å². The van der Waals surface area contributed by atoms with Crippen LogP contribution in [0.5, 0.6) is 0 Å². The Bertz CT molecular complexity index is 3360. The third kappa shape index (κ3) is 10.4. The fourth-order valence-corrected chi connectivity index (χ4v) is 12.3. The van der Waals surface area contributed by atoms with Crippen molar-refractivity contribution in [3.63, 3.8) is 0 Å². The van der Waals surface area contributed by atoms with E-state index in [4.69, 9.17) is 0 Å². The van der Waals surface area contributed by atoms with Gasteiger partial charge in [0.15, 0.2) is 0 Å². The SMILES string of the molecule is CN(C(=O)N1CCC(n2cc(Cc3ccc4c5c(cccc35)C(=O)N4C3CCC(=O)NC3=O)cn2)CC1)C(C)(C)C.CN(C(=O)N1CCC(n2cc(Cc3ccc4c5c(cccc35)C(=O)N4C3CCC(=O)NC3=O)cn2)CC1)C(C)(C)C. The average molecular weight is 1110 g/mol. The number of hydrogen-bond donors (Lipinski definition) is 2. The van der Waals surface area contributed by atoms with Gasteiger partial charge < -0.3 is 19.6 Å². The molecule has 6 aliphatic heterocycles. The fraction of sp³-hybridized carbons (Fsp3) is 0.452. The zero-order valence-electron chi connectivity index (χ0n) is 48.0. The lowest BCUT2D eigenvalue weighted by Gasteiger charge is -2.39. The monoisotopic (exact) mass is 1110 g/mol. The van der Waals surface area contributed by atoms with Crippen LogP contribution in [-0.4, -0.2) is 150 Å². The van der Waals surface area contributed by atoms with Gasteiger partial charge in [-0.1, -0.05) is 36.4 Å². The van der Waals surface area contributed by atoms with Crippen LogP contribution in [0.15, 0.2) is 85.5 Å². The number of anilines is 2. The lowest BCUT2D eigenvalue weighted by molar-refractivity contribution is -0.135. The van der Waals surface area contributed by atoms with E-state index in [9.17, 15) is 38.4 Å². The van der Waals surface area contributed by atoms with E-state index in [0.717, 1.165) is 69.5 Å². The normalized spacial score (nSPS) is 19.7. The number of benzene rings is 4. The van der Waals surface area contributed by atoms with E-state index in [1.807, 2.05) is 136 Å². The molecule has 82 heavy (non-hydrogen) atoms. The van der Waals surface area contributed by atoms with Gasteiger partial charge in [-0.15, -0.1) is 0 Å². The molecule has 428 valence electrons. The smallest absolute Gasteiger partial charge is 0.320 e. The Morgan fingerprint density at radius 1 is 0.537 bits per heavy atom. The van der Waals surface area contributed by atoms with Crippen LogP contribution in [0.1, 0.15) is 148 Å². The van der Waals surface area contributed by atoms with Crippen molar-refractivity contribution in [3.05, 3.63) is 119 Å². The molecule has 0 radical (unpaired) electrons. The van der Waals surface area contributed by atoms with Gasteiger partial charge in [0.2, 0.25) is 23.6 Å². The topological polar surface area (TPSA) is 216 Å². The maximum atomic E-state index is 13.4. The van der Waals surface area contributed by atoms with E-state index >= 15 is 0 Å². The van der Waals surface area contributed by atoms with E-state index in [-0.39, 0.29) is 71.7 Å². The summed E-state index contributed by atoms with van der Waals surface area (Å²) in [4.78, 5) is 112. The van der Waals surface area contributed by atoms with Gasteiger partial charge in [-0.25, -0.2) is 9.59 Å². The molecule has 0 spiro atoms. The molecule has 2 aromatic heterocycles. The standard InChI is InChI=1S/2C31H36N6O4/c2*1-31(2,3)34(4)30(41)35-14-12-21(13-15-35)36-18-19(17-32-36)16-20-8-9-24-27-22(20)6-5-7-23(27)29(40)37(24)25-10-11-26(38)33-28(25)39/h2*5-9,17-18,21,25H,10-16H2,1-4H3,(H,33,38,39). The number of carbonyl (C=O) groups is 8. The number of likely N-dealkylation sites (tertiary alicyclic amines) is 2. The van der Waals surface area contributed by atoms with Crippen LogP contribution in [0.3, 0.4) is 0 Å². The summed E-state index contributed by atoms with van der Waals surface area (Å²) in [5.74, 6) is -1.87. The van der Waals surface area contributed by atoms with Crippen molar-refractivity contribution in [2.45, 2.75) is 141 Å². The van der Waals surface area contributed by atoms with Crippen LogP contribution >= 0.6 is 0 Å². The number of piperidine rings is 4. The molecule has 4 saturated heterocycles. The largest absolute Gasteiger partial charge is 0.324 e. The summed E-state index contributed by atoms with van der Waals surface area (Å²) in [5, 5.41) is 17.8. The number of hydrogen-bond acceptors (Lipinski definition) is 10. The van der Waals surface area contributed by atoms with Crippen molar-refractivity contribution in [1.29, 1.82) is 0 Å². The zero-order valence-corrected chi connectivity index (χ0v) is 48.0. The first kappa shape index (κ1) is 55.5. The van der Waals surface area contributed by atoms with Gasteiger partial charge in [0.05, 0.1) is 35.9 Å². The minimum absolute atomic E-state index is 0.0683. The van der Waals surface area contributed by atoms with Gasteiger partial charge in [0.1, 0.15) is 12.1 Å². The van der Waals surface area contributed by atoms with Crippen molar-refractivity contribution in [2.75, 3.05) is 50.1 Å². The number of imide groups is 2. The number of rotatable bonds is 8. The molecular formula is C62H72N12O8. The number of nitrogens with one attached hydrogen (secondary N) is 2. The average Bonchev–Trinajstić information content (AvgIpc) is 2.60. The predicted octanol–water partition coefficient (Wildman–Crippen LogP) is 7.76. The van der Waals surface area contributed by atoms with Crippen molar-refractivity contribution in [2.24, 2.45) is 0 Å². The second-order valence-electron chi connectivity index (χ2n) is 24.7. The molecule has 4 aromatic carbocycles. The molecule has 0 bridgehead atoms. The van der Waals surface area contributed by atoms with Crippen molar-refractivity contribution < 1.29 is 38.4 Å². The van der Waals surface area contributed by atoms with Gasteiger partial charge in [-0.2, -0.15) is 10.2 Å². The first-order valence-electron chi connectivity index (χ1n) is 28.6. The molecule has 2 atom stereocenters. The first-order chi connectivity index (χ1) is 39.0. The maximum Gasteiger partial charge on any atom is 0.320 e. The highest BCUT2D eigenvalue weighted by Crippen LogP contribution is 2.43. The van der Waals surface area contributed by atoms with Gasteiger partial charge in [0.25, 0.3) is 11.8 Å². The Morgan fingerprint density at radius 2 is 0.915 bits per heavy atom. The van der Waals surface area contributed by atoms with Gasteiger partial charge >= 0.3 is 12.1 Å². The predicted molar refractivity (Wildman–Crippen MR) is 309 cm³/mol. The molecule has 8 heterocycles. The Hall–Kier alpha value is -8.42. The molecule has 10 amide bonds. The molecule has 6 aliphatic rings. The maximum absolute atomic E-state index is 13.4. The summed E-state index contributed by atoms with van der Waals surface area (Å²) < 4.78 is 4.05. The highest BCUT2D eigenvalue weighted by atomic mass is 16.2. The second-order valence-corrected chi connectivity index (χ2v) is 24.7. The van der Waals surface area contributed by atoms with Crippen molar-refractivity contribution in [3.8, 4) is 0 Å². The van der Waals surface area contributed by atoms with E-state index < -0.39 is 23.9 Å². The summed E-state index contributed by atoms with van der Waals surface area (Å²) in [7, 11) is 3.72. The third-order valence-electron chi connectivity index (χ3n) is 17.6. The molecule has 6 aromatic rings. The quantitative estimate of drug-likeness (QED) is 0.141. The number of amides is 10. The Balaban J connectivity index is 0.000000172. The van der Waals surface area contributed by atoms with Crippen LogP contribution < -0.4 is 20.4 Å². The van der Waals surface area contributed by atoms with E-state index in [2.05, 4.69) is 33.2 Å². The highest BCUT2D eigenvalue weighted by molar-refractivity contribution is 6.28. The second kappa shape index (κ2) is 21.5. The van der Waals surface area contributed by atoms with Crippen LogP contribution in [-0.2, 0) is 32.0 Å². The summed E-state index contributed by atoms with van der Waals surface area (Å²) in [6.07, 6.45) is 13.7. The molecule has 20 nitrogen and oxygen atoms in total. The van der Waals surface area contributed by atoms with Crippen molar-refractivity contribution >= 4 is 80.4 Å². The van der Waals surface area contributed by atoms with E-state index in [0.29, 0.717) is 74.4 Å². The Kier molecular flexibility index (Phi) is 14.5. The molecule has 2 N–H and O–H groups in total. The molecule has 2 unspecified atom stereocenters. The summed E-state index contributed by atoms with van der Waals surface area (Å²) in [6.45, 7) is 15.0. The molecular weight excluding hydrogens is 1040 g/mol. The zero-order chi connectivity index (χ0) is 58.1. The number of nitrogens with zero attached hydrogens (tertiary/aromatic N) is 10. The molecule has 12 rings (SSSR count). The molecule has 20 heteroatoms. The summed E-state index contributed by atoms with van der Waals surface area (Å²) >= 11 is 0. The first-order valence-corrected chi connectivity index (χ1v) is 28.6. The van der Waals surface area contributed by atoms with Gasteiger partial charge in [-0.3, -0.25) is 58.6 Å². The Labute approximate surface area is 476 Å². The van der Waals surface area contributed by atoms with Crippen LogP contribution in [0, 0.1) is 0 Å². The number of carbonyl (C=O) groups excluding carboxylic acids is 8. The van der Waals surface area contributed by atoms with Crippen LogP contribution in [0.4, 0.5) is 21.0 Å². The van der Waals surface area contributed by atoms with Crippen LogP contribution in [0.25, 0.3) is 21.5 Å². The lowest BCUT2D eigenvalue weighted by Crippen LogP contribution is -2.53. The molecule has 0 saturated carbocycles. The summed E-state index contributed by atoms with van der Waals surface area (Å²) in [6, 6.07) is 18.5. The number of urea groups is 2. The minimum atomic E-state index is -0.699. The fourth-order valence-electron chi connectivity index (χ4n) is 12.3. The summed E-state index contributed by atoms with van der Waals surface area (Å²) in [5.41, 5.74) is 6.46. The van der Waals surface area contributed by atoms with Gasteiger partial charge in [-0.05, 0) is 137 Å². The highest BCUT2D eigenvalue weighted by Gasteiger charge is 2.43.